The molecule has 0 saturated carbocycles. The highest BCUT2D eigenvalue weighted by Crippen LogP contribution is 2.24. The lowest BCUT2D eigenvalue weighted by molar-refractivity contribution is -0.115. The maximum absolute atomic E-state index is 13.2. The number of anilines is 2. The van der Waals surface area contributed by atoms with Crippen LogP contribution >= 0.6 is 0 Å². The molecule has 0 bridgehead atoms. The summed E-state index contributed by atoms with van der Waals surface area (Å²) in [5, 5.41) is 9.04. The van der Waals surface area contributed by atoms with Gasteiger partial charge in [0.25, 0.3) is 5.91 Å². The molecule has 1 aromatic heterocycles. The second-order valence-corrected chi connectivity index (χ2v) is 8.26. The van der Waals surface area contributed by atoms with Crippen LogP contribution in [-0.4, -0.2) is 23.3 Å². The third-order valence-electron chi connectivity index (χ3n) is 5.77. The van der Waals surface area contributed by atoms with E-state index in [9.17, 15) is 14.0 Å². The third kappa shape index (κ3) is 5.49. The number of carbonyl (C=O) groups is 2. The fourth-order valence-electron chi connectivity index (χ4n) is 3.81. The molecular weight excluding hydrogens is 431 g/mol. The van der Waals surface area contributed by atoms with Crippen LogP contribution in [0.3, 0.4) is 0 Å². The van der Waals surface area contributed by atoms with Crippen LogP contribution in [0, 0.1) is 5.82 Å². The molecule has 2 aromatic carbocycles. The second kappa shape index (κ2) is 10.3. The Morgan fingerprint density at radius 1 is 1.21 bits per heavy atom. The monoisotopic (exact) mass is 458 g/mol. The quantitative estimate of drug-likeness (QED) is 0.449. The van der Waals surface area contributed by atoms with E-state index >= 15 is 0 Å². The van der Waals surface area contributed by atoms with Crippen LogP contribution in [0.5, 0.6) is 0 Å². The van der Waals surface area contributed by atoms with E-state index in [0.29, 0.717) is 24.3 Å². The van der Waals surface area contributed by atoms with Crippen LogP contribution in [0.2, 0.25) is 0 Å². The summed E-state index contributed by atoms with van der Waals surface area (Å²) in [5.74, 6) is -0.0578. The van der Waals surface area contributed by atoms with E-state index in [1.165, 1.54) is 12.1 Å². The number of nitrogens with zero attached hydrogens (tertiary/aromatic N) is 1. The van der Waals surface area contributed by atoms with Crippen molar-refractivity contribution in [1.82, 2.24) is 10.3 Å². The summed E-state index contributed by atoms with van der Waals surface area (Å²) < 4.78 is 13.2. The van der Waals surface area contributed by atoms with E-state index in [4.69, 9.17) is 0 Å². The highest BCUT2D eigenvalue weighted by Gasteiger charge is 2.18. The minimum Gasteiger partial charge on any atom is -0.366 e. The summed E-state index contributed by atoms with van der Waals surface area (Å²) >= 11 is 0. The number of aryl methyl sites for hydroxylation is 1. The maximum atomic E-state index is 13.2. The zero-order chi connectivity index (χ0) is 24.1. The fourth-order valence-corrected chi connectivity index (χ4v) is 3.81. The predicted molar refractivity (Wildman–Crippen MR) is 132 cm³/mol. The third-order valence-corrected chi connectivity index (χ3v) is 5.77. The van der Waals surface area contributed by atoms with Crippen molar-refractivity contribution in [1.29, 1.82) is 0 Å². The van der Waals surface area contributed by atoms with Gasteiger partial charge >= 0.3 is 0 Å². The topological polar surface area (TPSA) is 83.1 Å². The molecule has 6 nitrogen and oxygen atoms in total. The van der Waals surface area contributed by atoms with Gasteiger partial charge in [-0.05, 0) is 59.9 Å². The number of carbonyl (C=O) groups excluding carboxylic acids is 2. The second-order valence-electron chi connectivity index (χ2n) is 8.26. The molecular formula is C27H27FN4O2. The first-order valence-electron chi connectivity index (χ1n) is 11.3. The number of pyridine rings is 1. The summed E-state index contributed by atoms with van der Waals surface area (Å²) in [6.45, 7) is 4.33. The molecule has 1 aliphatic rings. The Bertz CT molecular complexity index is 1240. The molecule has 174 valence electrons. The normalized spacial score (nSPS) is 13.4. The average molecular weight is 459 g/mol. The Kier molecular flexibility index (Phi) is 7.01. The molecule has 0 radical (unpaired) electrons. The van der Waals surface area contributed by atoms with Crippen molar-refractivity contribution in [3.63, 3.8) is 0 Å². The van der Waals surface area contributed by atoms with Crippen LogP contribution in [-0.2, 0) is 17.6 Å². The van der Waals surface area contributed by atoms with Crippen LogP contribution in [0.1, 0.15) is 52.5 Å². The van der Waals surface area contributed by atoms with Crippen molar-refractivity contribution < 1.29 is 14.0 Å². The number of amides is 2. The van der Waals surface area contributed by atoms with E-state index in [1.807, 2.05) is 50.3 Å². The van der Waals surface area contributed by atoms with E-state index in [1.54, 1.807) is 18.3 Å². The van der Waals surface area contributed by atoms with Gasteiger partial charge in [-0.2, -0.15) is 0 Å². The molecule has 3 aromatic rings. The van der Waals surface area contributed by atoms with Gasteiger partial charge in [-0.1, -0.05) is 43.3 Å². The highest BCUT2D eigenvalue weighted by atomic mass is 19.1. The van der Waals surface area contributed by atoms with Crippen molar-refractivity contribution >= 4 is 29.4 Å². The van der Waals surface area contributed by atoms with Gasteiger partial charge < -0.3 is 16.0 Å². The Morgan fingerprint density at radius 2 is 2.00 bits per heavy atom. The minimum absolute atomic E-state index is 0.0129. The molecule has 0 spiro atoms. The van der Waals surface area contributed by atoms with Crippen LogP contribution in [0.15, 0.2) is 60.8 Å². The van der Waals surface area contributed by atoms with Crippen molar-refractivity contribution in [2.24, 2.45) is 0 Å². The van der Waals surface area contributed by atoms with Gasteiger partial charge in [0.05, 0.1) is 18.0 Å². The van der Waals surface area contributed by atoms with Gasteiger partial charge in [-0.15, -0.1) is 0 Å². The SMILES string of the molecule is CCc1cnc(NC/C=C/c2ccc3c(c2)NC(=O)C3)c(C(=O)N[C@@H](C)c2ccc(F)cc2)c1. The number of hydrogen-bond donors (Lipinski definition) is 3. The van der Waals surface area contributed by atoms with Crippen molar-refractivity contribution in [3.05, 3.63) is 94.4 Å². The van der Waals surface area contributed by atoms with E-state index in [0.717, 1.165) is 34.4 Å². The van der Waals surface area contributed by atoms with Gasteiger partial charge in [-0.3, -0.25) is 9.59 Å². The van der Waals surface area contributed by atoms with Crippen molar-refractivity contribution in [2.45, 2.75) is 32.7 Å². The smallest absolute Gasteiger partial charge is 0.255 e. The Hall–Kier alpha value is -4.00. The van der Waals surface area contributed by atoms with Gasteiger partial charge in [0.15, 0.2) is 0 Å². The molecule has 0 aliphatic carbocycles. The first-order valence-corrected chi connectivity index (χ1v) is 11.3. The van der Waals surface area contributed by atoms with Gasteiger partial charge in [0.2, 0.25) is 5.91 Å². The molecule has 0 unspecified atom stereocenters. The minimum atomic E-state index is -0.314. The first-order chi connectivity index (χ1) is 16.4. The molecule has 2 heterocycles. The van der Waals surface area contributed by atoms with E-state index in [2.05, 4.69) is 20.9 Å². The molecule has 2 amide bonds. The zero-order valence-electron chi connectivity index (χ0n) is 19.2. The Morgan fingerprint density at radius 3 is 2.76 bits per heavy atom. The molecule has 1 aliphatic heterocycles. The number of hydrogen-bond acceptors (Lipinski definition) is 4. The standard InChI is InChI=1S/C27H27FN4O2/c1-3-18-13-23(27(34)31-17(2)20-8-10-22(28)11-9-20)26(30-16-18)29-12-4-5-19-6-7-21-15-25(33)32-24(21)14-19/h4-11,13-14,16-17H,3,12,15H2,1-2H3,(H,29,30)(H,31,34)(H,32,33)/b5-4+/t17-/m0/s1. The number of halogens is 1. The summed E-state index contributed by atoms with van der Waals surface area (Å²) in [4.78, 5) is 29.0. The van der Waals surface area contributed by atoms with Crippen LogP contribution in [0.4, 0.5) is 15.9 Å². The van der Waals surface area contributed by atoms with Crippen LogP contribution in [0.25, 0.3) is 6.08 Å². The fraction of sp³-hybridized carbons (Fsp3) is 0.222. The number of benzene rings is 2. The number of rotatable bonds is 8. The maximum Gasteiger partial charge on any atom is 0.255 e. The molecule has 7 heteroatoms. The first kappa shape index (κ1) is 23.2. The van der Waals surface area contributed by atoms with Crippen LogP contribution < -0.4 is 16.0 Å². The average Bonchev–Trinajstić information content (AvgIpc) is 3.21. The lowest BCUT2D eigenvalue weighted by Crippen LogP contribution is -2.28. The number of nitrogens with one attached hydrogen (secondary N) is 3. The van der Waals surface area contributed by atoms with Gasteiger partial charge in [0, 0.05) is 18.4 Å². The molecule has 3 N–H and O–H groups in total. The number of aromatic nitrogens is 1. The summed E-state index contributed by atoms with van der Waals surface area (Å²) in [5.41, 5.74) is 5.07. The van der Waals surface area contributed by atoms with Crippen molar-refractivity contribution in [2.75, 3.05) is 17.2 Å². The summed E-state index contributed by atoms with van der Waals surface area (Å²) in [7, 11) is 0. The zero-order valence-corrected chi connectivity index (χ0v) is 19.2. The van der Waals surface area contributed by atoms with Gasteiger partial charge in [-0.25, -0.2) is 9.37 Å². The van der Waals surface area contributed by atoms with Gasteiger partial charge in [0.1, 0.15) is 11.6 Å². The Balaban J connectivity index is 1.43. The molecule has 1 atom stereocenters. The summed E-state index contributed by atoms with van der Waals surface area (Å²) in [6, 6.07) is 13.5. The number of fused-ring (bicyclic) bond motifs is 1. The lowest BCUT2D eigenvalue weighted by atomic mass is 10.1. The lowest BCUT2D eigenvalue weighted by Gasteiger charge is -2.17. The highest BCUT2D eigenvalue weighted by molar-refractivity contribution is 6.00. The van der Waals surface area contributed by atoms with Crippen molar-refractivity contribution in [3.8, 4) is 0 Å². The summed E-state index contributed by atoms with van der Waals surface area (Å²) in [6.07, 6.45) is 6.83. The molecule has 34 heavy (non-hydrogen) atoms. The van der Waals surface area contributed by atoms with E-state index in [-0.39, 0.29) is 23.7 Å². The molecule has 4 rings (SSSR count). The molecule has 0 saturated heterocycles. The largest absolute Gasteiger partial charge is 0.366 e. The molecule has 0 fully saturated rings. The predicted octanol–water partition coefficient (Wildman–Crippen LogP) is 4.89. The van der Waals surface area contributed by atoms with E-state index < -0.39 is 0 Å². The Labute approximate surface area is 198 Å².